The van der Waals surface area contributed by atoms with E-state index in [2.05, 4.69) is 84.9 Å². The molecule has 2 heteroatoms. The van der Waals surface area contributed by atoms with Gasteiger partial charge in [0.25, 0.3) is 8.32 Å². The molecule has 0 saturated heterocycles. The van der Waals surface area contributed by atoms with E-state index in [9.17, 15) is 0 Å². The highest BCUT2D eigenvalue weighted by atomic mass is 28.4. The summed E-state index contributed by atoms with van der Waals surface area (Å²) in [6.45, 7) is 16.2. The zero-order chi connectivity index (χ0) is 17.2. The van der Waals surface area contributed by atoms with Crippen molar-refractivity contribution in [3.8, 4) is 5.75 Å². The van der Waals surface area contributed by atoms with Gasteiger partial charge >= 0.3 is 0 Å². The molecular weight excluding hydrogens is 296 g/mol. The highest BCUT2D eigenvalue weighted by molar-refractivity contribution is 6.78. The van der Waals surface area contributed by atoms with E-state index in [-0.39, 0.29) is 0 Å². The molecule has 2 aromatic carbocycles. The summed E-state index contributed by atoms with van der Waals surface area (Å²) in [4.78, 5) is 0. The van der Waals surface area contributed by atoms with E-state index in [1.807, 2.05) is 0 Å². The Hall–Kier alpha value is -1.28. The molecule has 23 heavy (non-hydrogen) atoms. The Morgan fingerprint density at radius 3 is 2.00 bits per heavy atom. The predicted molar refractivity (Wildman–Crippen MR) is 105 cm³/mol. The second-order valence-electron chi connectivity index (χ2n) is 7.59. The lowest BCUT2D eigenvalue weighted by molar-refractivity contribution is 0.471. The number of hydrogen-bond donors (Lipinski definition) is 0. The third-order valence-electron chi connectivity index (χ3n) is 5.45. The van der Waals surface area contributed by atoms with Crippen molar-refractivity contribution in [2.24, 2.45) is 0 Å². The van der Waals surface area contributed by atoms with Gasteiger partial charge in [-0.15, -0.1) is 0 Å². The molecule has 1 atom stereocenters. The summed E-state index contributed by atoms with van der Waals surface area (Å²) in [5, 5.41) is 2.56. The molecule has 0 heterocycles. The van der Waals surface area contributed by atoms with E-state index in [0.29, 0.717) is 16.6 Å². The van der Waals surface area contributed by atoms with Gasteiger partial charge in [0.1, 0.15) is 5.75 Å². The molecule has 0 aliphatic heterocycles. The normalized spacial score (nSPS) is 13.8. The van der Waals surface area contributed by atoms with Gasteiger partial charge in [0.15, 0.2) is 0 Å². The third-order valence-corrected chi connectivity index (χ3v) is 11.6. The standard InChI is InChI=1S/C21H32OSi/c1-8-18(7)23(15(2)3,16(4)5)22-21-12-11-19-13-17(6)9-10-20(19)14-21/h9-16,18H,8H2,1-7H3. The van der Waals surface area contributed by atoms with Crippen molar-refractivity contribution >= 4 is 19.1 Å². The molecule has 0 aliphatic rings. The van der Waals surface area contributed by atoms with Crippen LogP contribution in [0.15, 0.2) is 36.4 Å². The van der Waals surface area contributed by atoms with Crippen LogP contribution in [0.5, 0.6) is 5.75 Å². The van der Waals surface area contributed by atoms with Gasteiger partial charge in [-0.05, 0) is 46.5 Å². The number of aryl methyl sites for hydroxylation is 1. The molecule has 2 rings (SSSR count). The summed E-state index contributed by atoms with van der Waals surface area (Å²) in [5.74, 6) is 1.05. The largest absolute Gasteiger partial charge is 0.543 e. The topological polar surface area (TPSA) is 9.23 Å². The fraction of sp³-hybridized carbons (Fsp3) is 0.524. The summed E-state index contributed by atoms with van der Waals surface area (Å²) < 4.78 is 6.85. The number of fused-ring (bicyclic) bond motifs is 1. The van der Waals surface area contributed by atoms with Gasteiger partial charge in [0, 0.05) is 0 Å². The van der Waals surface area contributed by atoms with Gasteiger partial charge in [0.2, 0.25) is 0 Å². The van der Waals surface area contributed by atoms with Gasteiger partial charge in [0.05, 0.1) is 0 Å². The van der Waals surface area contributed by atoms with Gasteiger partial charge in [-0.1, -0.05) is 77.8 Å². The average molecular weight is 329 g/mol. The summed E-state index contributed by atoms with van der Waals surface area (Å²) in [5.41, 5.74) is 3.16. The van der Waals surface area contributed by atoms with Crippen LogP contribution in [0.1, 0.15) is 53.5 Å². The maximum absolute atomic E-state index is 6.85. The highest BCUT2D eigenvalue weighted by Gasteiger charge is 2.48. The number of benzene rings is 2. The quantitative estimate of drug-likeness (QED) is 0.514. The molecule has 0 aliphatic carbocycles. The maximum atomic E-state index is 6.85. The van der Waals surface area contributed by atoms with Crippen LogP contribution in [0, 0.1) is 6.92 Å². The van der Waals surface area contributed by atoms with Crippen LogP contribution in [0.4, 0.5) is 0 Å². The molecular formula is C21H32OSi. The molecule has 0 aromatic heterocycles. The Morgan fingerprint density at radius 2 is 1.43 bits per heavy atom. The lowest BCUT2D eigenvalue weighted by Gasteiger charge is -2.43. The SMILES string of the molecule is CCC(C)[Si](Oc1ccc2cc(C)ccc2c1)(C(C)C)C(C)C. The highest BCUT2D eigenvalue weighted by Crippen LogP contribution is 2.44. The minimum absolute atomic E-state index is 0.603. The van der Waals surface area contributed by atoms with Crippen LogP contribution in [0.3, 0.4) is 0 Å². The Bertz CT molecular complexity index is 652. The Kier molecular flexibility index (Phi) is 5.56. The molecule has 0 spiro atoms. The van der Waals surface area contributed by atoms with E-state index in [1.165, 1.54) is 22.8 Å². The first-order valence-electron chi connectivity index (χ1n) is 9.00. The third kappa shape index (κ3) is 3.47. The van der Waals surface area contributed by atoms with E-state index in [1.54, 1.807) is 0 Å². The van der Waals surface area contributed by atoms with Crippen LogP contribution in [0.25, 0.3) is 10.8 Å². The van der Waals surface area contributed by atoms with E-state index in [0.717, 1.165) is 5.75 Å². The predicted octanol–water partition coefficient (Wildman–Crippen LogP) is 7.09. The molecule has 0 N–H and O–H groups in total. The second kappa shape index (κ2) is 7.08. The van der Waals surface area contributed by atoms with E-state index >= 15 is 0 Å². The van der Waals surface area contributed by atoms with E-state index in [4.69, 9.17) is 4.43 Å². The first kappa shape index (κ1) is 18.1. The smallest absolute Gasteiger partial charge is 0.259 e. The van der Waals surface area contributed by atoms with Crippen LogP contribution < -0.4 is 4.43 Å². The minimum Gasteiger partial charge on any atom is -0.543 e. The Balaban J connectivity index is 2.45. The lowest BCUT2D eigenvalue weighted by atomic mass is 10.1. The van der Waals surface area contributed by atoms with E-state index < -0.39 is 8.32 Å². The van der Waals surface area contributed by atoms with Crippen molar-refractivity contribution in [3.05, 3.63) is 42.0 Å². The van der Waals surface area contributed by atoms with Crippen LogP contribution >= 0.6 is 0 Å². The average Bonchev–Trinajstić information content (AvgIpc) is 2.51. The zero-order valence-corrected chi connectivity index (χ0v) is 16.8. The van der Waals surface area contributed by atoms with Crippen molar-refractivity contribution in [2.45, 2.75) is 71.5 Å². The Morgan fingerprint density at radius 1 is 0.870 bits per heavy atom. The van der Waals surface area contributed by atoms with Crippen LogP contribution in [-0.4, -0.2) is 8.32 Å². The van der Waals surface area contributed by atoms with Crippen molar-refractivity contribution in [1.82, 2.24) is 0 Å². The van der Waals surface area contributed by atoms with Crippen LogP contribution in [0.2, 0.25) is 16.6 Å². The molecule has 0 bridgehead atoms. The van der Waals surface area contributed by atoms with Gasteiger partial charge in [-0.2, -0.15) is 0 Å². The first-order chi connectivity index (χ1) is 10.8. The van der Waals surface area contributed by atoms with Gasteiger partial charge < -0.3 is 4.43 Å². The molecule has 0 radical (unpaired) electrons. The summed E-state index contributed by atoms with van der Waals surface area (Å²) in [7, 11) is -1.89. The van der Waals surface area contributed by atoms with Gasteiger partial charge in [-0.3, -0.25) is 0 Å². The maximum Gasteiger partial charge on any atom is 0.259 e. The summed E-state index contributed by atoms with van der Waals surface area (Å²) in [6, 6.07) is 13.2. The summed E-state index contributed by atoms with van der Waals surface area (Å²) in [6.07, 6.45) is 1.19. The molecule has 0 saturated carbocycles. The molecule has 126 valence electrons. The molecule has 0 fully saturated rings. The second-order valence-corrected chi connectivity index (χ2v) is 12.8. The monoisotopic (exact) mass is 328 g/mol. The molecule has 2 aromatic rings. The fourth-order valence-corrected chi connectivity index (χ4v) is 9.53. The fourth-order valence-electron chi connectivity index (χ4n) is 4.07. The minimum atomic E-state index is -1.89. The Labute approximate surface area is 143 Å². The van der Waals surface area contributed by atoms with Crippen molar-refractivity contribution in [1.29, 1.82) is 0 Å². The molecule has 1 nitrogen and oxygen atoms in total. The zero-order valence-electron chi connectivity index (χ0n) is 15.8. The van der Waals surface area contributed by atoms with Crippen molar-refractivity contribution in [3.63, 3.8) is 0 Å². The number of hydrogen-bond acceptors (Lipinski definition) is 1. The lowest BCUT2D eigenvalue weighted by Crippen LogP contribution is -2.51. The molecule has 1 unspecified atom stereocenters. The van der Waals surface area contributed by atoms with Gasteiger partial charge in [-0.25, -0.2) is 0 Å². The first-order valence-corrected chi connectivity index (χ1v) is 11.1. The van der Waals surface area contributed by atoms with Crippen molar-refractivity contribution < 1.29 is 4.43 Å². The summed E-state index contributed by atoms with van der Waals surface area (Å²) >= 11 is 0. The number of rotatable bonds is 6. The van der Waals surface area contributed by atoms with Crippen molar-refractivity contribution in [2.75, 3.05) is 0 Å². The van der Waals surface area contributed by atoms with Crippen LogP contribution in [-0.2, 0) is 0 Å². The molecule has 0 amide bonds.